The van der Waals surface area contributed by atoms with Gasteiger partial charge in [0.25, 0.3) is 0 Å². The summed E-state index contributed by atoms with van der Waals surface area (Å²) in [6, 6.07) is -0.623. The van der Waals surface area contributed by atoms with Crippen molar-refractivity contribution in [1.82, 2.24) is 0 Å². The Morgan fingerprint density at radius 3 is 1.85 bits per heavy atom. The maximum atomic E-state index is 11.4. The van der Waals surface area contributed by atoms with Gasteiger partial charge in [0.05, 0.1) is 21.1 Å². The molecule has 0 amide bonds. The highest BCUT2D eigenvalue weighted by atomic mass is 35.5. The van der Waals surface area contributed by atoms with E-state index in [0.29, 0.717) is 16.3 Å². The molecule has 3 nitrogen and oxygen atoms in total. The summed E-state index contributed by atoms with van der Waals surface area (Å²) in [7, 11) is 5.42. The van der Waals surface area contributed by atoms with E-state index in [9.17, 15) is 9.59 Å². The zero-order valence-corrected chi connectivity index (χ0v) is 9.26. The van der Waals surface area contributed by atoms with Crippen molar-refractivity contribution >= 4 is 12.1 Å². The van der Waals surface area contributed by atoms with Crippen molar-refractivity contribution in [3.63, 3.8) is 0 Å². The summed E-state index contributed by atoms with van der Waals surface area (Å²) >= 11 is 0. The van der Waals surface area contributed by atoms with E-state index in [4.69, 9.17) is 0 Å². The van der Waals surface area contributed by atoms with Crippen molar-refractivity contribution in [2.45, 2.75) is 13.0 Å². The van der Waals surface area contributed by atoms with Gasteiger partial charge in [-0.15, -0.1) is 0 Å². The molecule has 4 heteroatoms. The molecule has 0 aromatic heterocycles. The lowest BCUT2D eigenvalue weighted by molar-refractivity contribution is -0.876. The quantitative estimate of drug-likeness (QED) is 0.219. The van der Waals surface area contributed by atoms with E-state index in [2.05, 4.69) is 6.58 Å². The standard InChI is InChI=1S/C9H16NO2.ClH/c1-7(2)9(12)8(6-11)10(3,4)5;/h6,8H,1H2,2-5H3;1H/q+1;/p-1. The smallest absolute Gasteiger partial charge is 0.222 e. The molecule has 1 unspecified atom stereocenters. The molecule has 0 N–H and O–H groups in total. The third kappa shape index (κ3) is 4.20. The molecule has 0 fully saturated rings. The molecule has 1 atom stereocenters. The van der Waals surface area contributed by atoms with E-state index >= 15 is 0 Å². The first-order valence-corrected chi connectivity index (χ1v) is 3.77. The highest BCUT2D eigenvalue weighted by Crippen LogP contribution is 2.06. The second-order valence-corrected chi connectivity index (χ2v) is 3.84. The molecule has 0 aromatic rings. The fourth-order valence-corrected chi connectivity index (χ4v) is 0.849. The van der Waals surface area contributed by atoms with Crippen LogP contribution in [0.15, 0.2) is 12.2 Å². The van der Waals surface area contributed by atoms with Crippen LogP contribution in [0.1, 0.15) is 6.92 Å². The molecular weight excluding hydrogens is 190 g/mol. The molecule has 0 radical (unpaired) electrons. The Hall–Kier alpha value is -0.670. The van der Waals surface area contributed by atoms with Gasteiger partial charge >= 0.3 is 0 Å². The third-order valence-corrected chi connectivity index (χ3v) is 1.65. The van der Waals surface area contributed by atoms with E-state index in [-0.39, 0.29) is 18.2 Å². The minimum absolute atomic E-state index is 0. The average Bonchev–Trinajstić information content (AvgIpc) is 1.85. The molecule has 0 aliphatic rings. The summed E-state index contributed by atoms with van der Waals surface area (Å²) in [5, 5.41) is 0. The monoisotopic (exact) mass is 205 g/mol. The van der Waals surface area contributed by atoms with Crippen LogP contribution in [0.5, 0.6) is 0 Å². The van der Waals surface area contributed by atoms with Gasteiger partial charge in [-0.1, -0.05) is 6.58 Å². The van der Waals surface area contributed by atoms with Crippen LogP contribution in [-0.4, -0.2) is 43.7 Å². The lowest BCUT2D eigenvalue weighted by Crippen LogP contribution is -3.00. The van der Waals surface area contributed by atoms with Crippen LogP contribution in [0.2, 0.25) is 0 Å². The van der Waals surface area contributed by atoms with Gasteiger partial charge in [0.15, 0.2) is 6.29 Å². The van der Waals surface area contributed by atoms with Crippen LogP contribution >= 0.6 is 0 Å². The summed E-state index contributed by atoms with van der Waals surface area (Å²) in [5.74, 6) is -0.183. The van der Waals surface area contributed by atoms with Crippen LogP contribution in [0.4, 0.5) is 0 Å². The summed E-state index contributed by atoms with van der Waals surface area (Å²) in [6.07, 6.45) is 0.678. The van der Waals surface area contributed by atoms with E-state index in [1.165, 1.54) is 0 Å². The van der Waals surface area contributed by atoms with E-state index < -0.39 is 6.04 Å². The molecule has 76 valence electrons. The van der Waals surface area contributed by atoms with Gasteiger partial charge in [0, 0.05) is 0 Å². The third-order valence-electron chi connectivity index (χ3n) is 1.65. The Bertz CT molecular complexity index is 218. The number of Topliss-reactive ketones (excluding diaryl/α,β-unsaturated/α-hetero) is 1. The number of aldehydes is 1. The highest BCUT2D eigenvalue weighted by Gasteiger charge is 2.30. The maximum Gasteiger partial charge on any atom is 0.222 e. The SMILES string of the molecule is C=C(C)C(=O)C(C=O)[N+](C)(C)C.[Cl-]. The summed E-state index contributed by atoms with van der Waals surface area (Å²) in [5.41, 5.74) is 0.431. The molecule has 13 heavy (non-hydrogen) atoms. The fourth-order valence-electron chi connectivity index (χ4n) is 0.849. The van der Waals surface area contributed by atoms with Crippen molar-refractivity contribution in [3.8, 4) is 0 Å². The van der Waals surface area contributed by atoms with Crippen LogP contribution in [-0.2, 0) is 9.59 Å². The van der Waals surface area contributed by atoms with Crippen LogP contribution in [0.3, 0.4) is 0 Å². The Labute approximate surface area is 85.4 Å². The number of quaternary nitrogens is 1. The summed E-state index contributed by atoms with van der Waals surface area (Å²) in [4.78, 5) is 22.0. The van der Waals surface area contributed by atoms with Gasteiger partial charge in [-0.25, -0.2) is 0 Å². The van der Waals surface area contributed by atoms with Gasteiger partial charge in [-0.2, -0.15) is 0 Å². The number of hydrogen-bond donors (Lipinski definition) is 0. The minimum Gasteiger partial charge on any atom is -1.00 e. The number of ketones is 1. The van der Waals surface area contributed by atoms with Crippen molar-refractivity contribution in [1.29, 1.82) is 0 Å². The first-order chi connectivity index (χ1) is 5.30. The van der Waals surface area contributed by atoms with Crippen LogP contribution in [0, 0.1) is 0 Å². The number of nitrogens with zero attached hydrogens (tertiary/aromatic N) is 1. The van der Waals surface area contributed by atoms with Gasteiger partial charge in [-0.05, 0) is 12.5 Å². The van der Waals surface area contributed by atoms with Crippen LogP contribution < -0.4 is 12.4 Å². The average molecular weight is 206 g/mol. The van der Waals surface area contributed by atoms with Gasteiger partial charge < -0.3 is 16.9 Å². The molecule has 0 saturated carbocycles. The molecule has 0 rings (SSSR count). The van der Waals surface area contributed by atoms with Gasteiger partial charge in [0.2, 0.25) is 11.8 Å². The highest BCUT2D eigenvalue weighted by molar-refractivity contribution is 6.06. The Morgan fingerprint density at radius 2 is 1.77 bits per heavy atom. The van der Waals surface area contributed by atoms with Crippen molar-refractivity contribution in [2.75, 3.05) is 21.1 Å². The zero-order valence-electron chi connectivity index (χ0n) is 8.50. The topological polar surface area (TPSA) is 34.1 Å². The Morgan fingerprint density at radius 1 is 1.38 bits per heavy atom. The number of halogens is 1. The molecular formula is C9H16ClNO2. The second-order valence-electron chi connectivity index (χ2n) is 3.84. The summed E-state index contributed by atoms with van der Waals surface area (Å²) < 4.78 is 0.315. The minimum atomic E-state index is -0.623. The zero-order chi connectivity index (χ0) is 9.94. The number of rotatable bonds is 4. The number of carbonyl (C=O) groups excluding carboxylic acids is 2. The molecule has 0 bridgehead atoms. The van der Waals surface area contributed by atoms with Crippen LogP contribution in [0.25, 0.3) is 0 Å². The predicted octanol–water partition coefficient (Wildman–Crippen LogP) is -2.59. The normalized spacial score (nSPS) is 12.6. The molecule has 0 saturated heterocycles. The molecule has 0 aromatic carbocycles. The van der Waals surface area contributed by atoms with E-state index in [1.54, 1.807) is 28.1 Å². The second kappa shape index (κ2) is 5.14. The van der Waals surface area contributed by atoms with Crippen molar-refractivity contribution < 1.29 is 26.5 Å². The van der Waals surface area contributed by atoms with Crippen molar-refractivity contribution in [2.24, 2.45) is 0 Å². The van der Waals surface area contributed by atoms with Crippen molar-refractivity contribution in [3.05, 3.63) is 12.2 Å². The first kappa shape index (κ1) is 14.8. The molecule has 0 spiro atoms. The van der Waals surface area contributed by atoms with E-state index in [0.717, 1.165) is 0 Å². The number of likely N-dealkylation sites (N-methyl/N-ethyl adjacent to an activating group) is 1. The van der Waals surface area contributed by atoms with E-state index in [1.807, 2.05) is 0 Å². The lowest BCUT2D eigenvalue weighted by atomic mass is 10.1. The first-order valence-electron chi connectivity index (χ1n) is 3.77. The maximum absolute atomic E-state index is 11.4. The summed E-state index contributed by atoms with van der Waals surface area (Å²) in [6.45, 7) is 5.14. The fraction of sp³-hybridized carbons (Fsp3) is 0.556. The largest absolute Gasteiger partial charge is 1.00 e. The number of carbonyl (C=O) groups is 2. The van der Waals surface area contributed by atoms with Gasteiger partial charge in [0.1, 0.15) is 0 Å². The Balaban J connectivity index is 0. The molecule has 0 aliphatic heterocycles. The molecule has 0 heterocycles. The number of hydrogen-bond acceptors (Lipinski definition) is 2. The van der Waals surface area contributed by atoms with Gasteiger partial charge in [-0.3, -0.25) is 9.59 Å². The predicted molar refractivity (Wildman–Crippen MR) is 47.7 cm³/mol. The molecule has 0 aliphatic carbocycles. The lowest BCUT2D eigenvalue weighted by Gasteiger charge is -2.29. The Kier molecular flexibility index (Phi) is 5.87.